The molecule has 1 atom stereocenters. The van der Waals surface area contributed by atoms with Gasteiger partial charge >= 0.3 is 0 Å². The summed E-state index contributed by atoms with van der Waals surface area (Å²) >= 11 is 8.72. The van der Waals surface area contributed by atoms with Crippen molar-refractivity contribution in [2.24, 2.45) is 0 Å². The van der Waals surface area contributed by atoms with Crippen molar-refractivity contribution in [1.29, 1.82) is 0 Å². The Labute approximate surface area is 138 Å². The van der Waals surface area contributed by atoms with Crippen molar-refractivity contribution >= 4 is 34.2 Å². The van der Waals surface area contributed by atoms with Crippen LogP contribution in [0.3, 0.4) is 0 Å². The zero-order chi connectivity index (χ0) is 14.7. The summed E-state index contributed by atoms with van der Waals surface area (Å²) in [5.41, 5.74) is 4.74. The number of hydrogen-bond donors (Lipinski definition) is 0. The number of aryl methyl sites for hydroxylation is 2. The van der Waals surface area contributed by atoms with Crippen molar-refractivity contribution in [3.8, 4) is 0 Å². The molecule has 106 valence electrons. The quantitative estimate of drug-likeness (QED) is 0.442. The van der Waals surface area contributed by atoms with E-state index in [1.165, 1.54) is 23.3 Å². The summed E-state index contributed by atoms with van der Waals surface area (Å²) in [6.45, 7) is 4.32. The highest BCUT2D eigenvalue weighted by Gasteiger charge is 2.15. The fourth-order valence-corrected chi connectivity index (χ4v) is 3.66. The highest BCUT2D eigenvalue weighted by atomic mass is 127. The molecule has 0 aliphatic rings. The number of hydrogen-bond acceptors (Lipinski definition) is 0. The highest BCUT2D eigenvalue weighted by Crippen LogP contribution is 2.33. The maximum absolute atomic E-state index is 13.2. The maximum Gasteiger partial charge on any atom is 0.124 e. The van der Waals surface area contributed by atoms with Gasteiger partial charge in [-0.25, -0.2) is 4.39 Å². The second-order valence-electron chi connectivity index (χ2n) is 4.76. The predicted molar refractivity (Wildman–Crippen MR) is 92.0 cm³/mol. The van der Waals surface area contributed by atoms with Crippen LogP contribution in [-0.4, -0.2) is 0 Å². The molecule has 0 heterocycles. The van der Waals surface area contributed by atoms with Crippen LogP contribution in [0.4, 0.5) is 4.39 Å². The minimum atomic E-state index is -0.237. The van der Waals surface area contributed by atoms with Crippen LogP contribution in [0.25, 0.3) is 0 Å². The Morgan fingerprint density at radius 2 is 1.75 bits per heavy atom. The molecular formula is C17H17ClFI. The second-order valence-corrected chi connectivity index (χ2v) is 6.36. The Balaban J connectivity index is 2.40. The van der Waals surface area contributed by atoms with E-state index in [4.69, 9.17) is 11.6 Å². The fraction of sp³-hybridized carbons (Fsp3) is 0.294. The summed E-state index contributed by atoms with van der Waals surface area (Å²) in [5.74, 6) is -0.224. The molecule has 0 N–H and O–H groups in total. The molecule has 0 fully saturated rings. The molecule has 0 radical (unpaired) electrons. The third-order valence-corrected chi connectivity index (χ3v) is 4.94. The number of benzene rings is 2. The lowest BCUT2D eigenvalue weighted by molar-refractivity contribution is 0.626. The Hall–Kier alpha value is -0.610. The molecule has 0 aliphatic carbocycles. The minimum absolute atomic E-state index is 0.224. The summed E-state index contributed by atoms with van der Waals surface area (Å²) in [7, 11) is 0. The normalized spacial score (nSPS) is 12.4. The van der Waals surface area contributed by atoms with Gasteiger partial charge in [0.1, 0.15) is 5.82 Å². The fourth-order valence-electron chi connectivity index (χ4n) is 2.36. The van der Waals surface area contributed by atoms with Crippen molar-refractivity contribution in [3.05, 3.63) is 68.0 Å². The van der Waals surface area contributed by atoms with Crippen LogP contribution in [-0.2, 0) is 12.8 Å². The predicted octanol–water partition coefficient (Wildman–Crippen LogP) is 5.88. The highest BCUT2D eigenvalue weighted by molar-refractivity contribution is 14.1. The molecule has 0 aromatic heterocycles. The molecule has 2 aromatic rings. The summed E-state index contributed by atoms with van der Waals surface area (Å²) in [5, 5.41) is -0.237. The first kappa shape index (κ1) is 15.8. The lowest BCUT2D eigenvalue weighted by atomic mass is 9.96. The van der Waals surface area contributed by atoms with Gasteiger partial charge in [0.05, 0.1) is 5.38 Å². The monoisotopic (exact) mass is 402 g/mol. The molecule has 2 aromatic carbocycles. The lowest BCUT2D eigenvalue weighted by Gasteiger charge is -2.15. The van der Waals surface area contributed by atoms with Crippen LogP contribution in [0.15, 0.2) is 36.4 Å². The first-order valence-corrected chi connectivity index (χ1v) is 8.29. The third kappa shape index (κ3) is 3.34. The van der Waals surface area contributed by atoms with E-state index in [1.807, 2.05) is 0 Å². The van der Waals surface area contributed by atoms with Crippen LogP contribution in [0.5, 0.6) is 0 Å². The second kappa shape index (κ2) is 6.90. The maximum atomic E-state index is 13.2. The minimum Gasteiger partial charge on any atom is -0.207 e. The molecule has 20 heavy (non-hydrogen) atoms. The number of rotatable bonds is 4. The molecule has 0 aliphatic heterocycles. The van der Waals surface area contributed by atoms with Crippen LogP contribution in [0.1, 0.15) is 41.5 Å². The van der Waals surface area contributed by atoms with E-state index >= 15 is 0 Å². The van der Waals surface area contributed by atoms with Gasteiger partial charge in [-0.05, 0) is 69.8 Å². The molecule has 1 unspecified atom stereocenters. The lowest BCUT2D eigenvalue weighted by Crippen LogP contribution is -2.00. The molecule has 0 nitrogen and oxygen atoms in total. The van der Waals surface area contributed by atoms with E-state index in [0.717, 1.165) is 27.5 Å². The molecule has 0 saturated heterocycles. The molecule has 0 saturated carbocycles. The van der Waals surface area contributed by atoms with Gasteiger partial charge in [0.15, 0.2) is 0 Å². The molecular weight excluding hydrogens is 386 g/mol. The molecule has 0 amide bonds. The van der Waals surface area contributed by atoms with E-state index in [9.17, 15) is 4.39 Å². The van der Waals surface area contributed by atoms with Crippen molar-refractivity contribution in [2.75, 3.05) is 0 Å². The van der Waals surface area contributed by atoms with Gasteiger partial charge in [-0.2, -0.15) is 0 Å². The Bertz CT molecular complexity index is 610. The molecule has 3 heteroatoms. The zero-order valence-electron chi connectivity index (χ0n) is 11.6. The third-order valence-electron chi connectivity index (χ3n) is 3.52. The van der Waals surface area contributed by atoms with Gasteiger partial charge in [-0.1, -0.05) is 38.1 Å². The summed E-state index contributed by atoms with van der Waals surface area (Å²) in [4.78, 5) is 0. The number of alkyl halides is 1. The van der Waals surface area contributed by atoms with E-state index < -0.39 is 0 Å². The first-order valence-electron chi connectivity index (χ1n) is 6.77. The summed E-state index contributed by atoms with van der Waals surface area (Å²) in [6, 6.07) is 11.2. The van der Waals surface area contributed by atoms with Gasteiger partial charge in [-0.15, -0.1) is 11.6 Å². The first-order chi connectivity index (χ1) is 9.56. The van der Waals surface area contributed by atoms with Gasteiger partial charge in [0, 0.05) is 3.57 Å². The van der Waals surface area contributed by atoms with Crippen LogP contribution < -0.4 is 0 Å². The SMILES string of the molecule is CCc1ccc(C(Cl)c2ccc(F)cc2I)cc1CC. The molecule has 0 spiro atoms. The van der Waals surface area contributed by atoms with Gasteiger partial charge in [0.25, 0.3) is 0 Å². The topological polar surface area (TPSA) is 0 Å². The van der Waals surface area contributed by atoms with E-state index in [-0.39, 0.29) is 11.2 Å². The van der Waals surface area contributed by atoms with Crippen LogP contribution in [0, 0.1) is 9.39 Å². The van der Waals surface area contributed by atoms with Crippen LogP contribution in [0.2, 0.25) is 0 Å². The van der Waals surface area contributed by atoms with Gasteiger partial charge in [0.2, 0.25) is 0 Å². The standard InChI is InChI=1S/C17H17ClFI/c1-3-11-5-6-13(9-12(11)4-2)17(18)15-8-7-14(19)10-16(15)20/h5-10,17H,3-4H2,1-2H3. The Morgan fingerprint density at radius 3 is 2.35 bits per heavy atom. The molecule has 2 rings (SSSR count). The summed E-state index contributed by atoms with van der Waals surface area (Å²) < 4.78 is 14.0. The van der Waals surface area contributed by atoms with E-state index in [2.05, 4.69) is 54.6 Å². The largest absolute Gasteiger partial charge is 0.207 e. The van der Waals surface area contributed by atoms with Crippen molar-refractivity contribution in [2.45, 2.75) is 32.1 Å². The van der Waals surface area contributed by atoms with Gasteiger partial charge in [-0.3, -0.25) is 0 Å². The molecule has 0 bridgehead atoms. The van der Waals surface area contributed by atoms with Gasteiger partial charge < -0.3 is 0 Å². The smallest absolute Gasteiger partial charge is 0.124 e. The van der Waals surface area contributed by atoms with Crippen molar-refractivity contribution < 1.29 is 4.39 Å². The average Bonchev–Trinajstić information content (AvgIpc) is 2.45. The summed E-state index contributed by atoms with van der Waals surface area (Å²) in [6.07, 6.45) is 2.03. The average molecular weight is 403 g/mol. The van der Waals surface area contributed by atoms with Crippen molar-refractivity contribution in [1.82, 2.24) is 0 Å². The Morgan fingerprint density at radius 1 is 1.05 bits per heavy atom. The zero-order valence-corrected chi connectivity index (χ0v) is 14.5. The number of halogens is 3. The van der Waals surface area contributed by atoms with E-state index in [1.54, 1.807) is 6.07 Å². The van der Waals surface area contributed by atoms with Crippen molar-refractivity contribution in [3.63, 3.8) is 0 Å². The van der Waals surface area contributed by atoms with E-state index in [0.29, 0.717) is 0 Å². The van der Waals surface area contributed by atoms with Crippen LogP contribution >= 0.6 is 34.2 Å². The Kier molecular flexibility index (Phi) is 5.44.